The van der Waals surface area contributed by atoms with Crippen LogP contribution >= 0.6 is 11.8 Å². The number of benzene rings is 1. The molecular formula is C12H16FN3S. The standard InChI is InChI=1S/C12H16FN3S/c1-8-7-16(4-5-17-8)11-3-2-9(12(14)15)6-10(11)13/h2-3,6,8H,4-5,7H2,1H3,(H3,14,15). The van der Waals surface area contributed by atoms with Crippen LogP contribution in [0.25, 0.3) is 0 Å². The van der Waals surface area contributed by atoms with Crippen LogP contribution in [0.2, 0.25) is 0 Å². The molecule has 3 nitrogen and oxygen atoms in total. The number of hydrogen-bond acceptors (Lipinski definition) is 3. The summed E-state index contributed by atoms with van der Waals surface area (Å²) in [5, 5.41) is 7.80. The third-order valence-electron chi connectivity index (χ3n) is 2.84. The van der Waals surface area contributed by atoms with Gasteiger partial charge < -0.3 is 10.6 Å². The summed E-state index contributed by atoms with van der Waals surface area (Å²) in [4.78, 5) is 2.06. The summed E-state index contributed by atoms with van der Waals surface area (Å²) < 4.78 is 13.9. The van der Waals surface area contributed by atoms with E-state index in [4.69, 9.17) is 11.1 Å². The lowest BCUT2D eigenvalue weighted by atomic mass is 10.1. The van der Waals surface area contributed by atoms with E-state index in [1.165, 1.54) is 6.07 Å². The normalized spacial score (nSPS) is 20.4. The Labute approximate surface area is 105 Å². The Hall–Kier alpha value is -1.23. The van der Waals surface area contributed by atoms with Gasteiger partial charge in [0.25, 0.3) is 0 Å². The van der Waals surface area contributed by atoms with Crippen LogP contribution < -0.4 is 10.6 Å². The second kappa shape index (κ2) is 4.96. The summed E-state index contributed by atoms with van der Waals surface area (Å²) in [6.45, 7) is 3.88. The van der Waals surface area contributed by atoms with Gasteiger partial charge in [-0.05, 0) is 18.2 Å². The van der Waals surface area contributed by atoms with E-state index in [9.17, 15) is 4.39 Å². The minimum Gasteiger partial charge on any atom is -0.384 e. The van der Waals surface area contributed by atoms with E-state index in [0.29, 0.717) is 16.5 Å². The highest BCUT2D eigenvalue weighted by Crippen LogP contribution is 2.26. The van der Waals surface area contributed by atoms with Crippen molar-refractivity contribution in [1.82, 2.24) is 0 Å². The molecule has 17 heavy (non-hydrogen) atoms. The van der Waals surface area contributed by atoms with Crippen molar-refractivity contribution < 1.29 is 4.39 Å². The number of halogens is 1. The Balaban J connectivity index is 2.23. The zero-order chi connectivity index (χ0) is 12.4. The monoisotopic (exact) mass is 253 g/mol. The Bertz CT molecular complexity index is 436. The van der Waals surface area contributed by atoms with Crippen molar-refractivity contribution in [1.29, 1.82) is 5.41 Å². The molecule has 0 saturated carbocycles. The molecule has 1 unspecified atom stereocenters. The van der Waals surface area contributed by atoms with Gasteiger partial charge >= 0.3 is 0 Å². The minimum absolute atomic E-state index is 0.0991. The first kappa shape index (κ1) is 12.2. The van der Waals surface area contributed by atoms with E-state index in [2.05, 4.69) is 11.8 Å². The Morgan fingerprint density at radius 1 is 1.59 bits per heavy atom. The second-order valence-electron chi connectivity index (χ2n) is 4.21. The molecule has 1 aromatic carbocycles. The molecule has 1 saturated heterocycles. The van der Waals surface area contributed by atoms with E-state index in [0.717, 1.165) is 18.8 Å². The quantitative estimate of drug-likeness (QED) is 0.626. The van der Waals surface area contributed by atoms with Crippen LogP contribution in [0.3, 0.4) is 0 Å². The first-order chi connectivity index (χ1) is 8.08. The lowest BCUT2D eigenvalue weighted by molar-refractivity contribution is 0.616. The number of amidine groups is 1. The molecule has 0 spiro atoms. The van der Waals surface area contributed by atoms with Crippen molar-refractivity contribution >= 4 is 23.3 Å². The Kier molecular flexibility index (Phi) is 3.57. The molecule has 0 amide bonds. The number of hydrogen-bond donors (Lipinski definition) is 2. The van der Waals surface area contributed by atoms with Gasteiger partial charge in [0, 0.05) is 29.7 Å². The van der Waals surface area contributed by atoms with Crippen LogP contribution in [0.15, 0.2) is 18.2 Å². The highest BCUT2D eigenvalue weighted by molar-refractivity contribution is 8.00. The van der Waals surface area contributed by atoms with Crippen molar-refractivity contribution in [2.45, 2.75) is 12.2 Å². The molecule has 1 heterocycles. The molecule has 3 N–H and O–H groups in total. The van der Waals surface area contributed by atoms with E-state index >= 15 is 0 Å². The summed E-state index contributed by atoms with van der Waals surface area (Å²) in [6.07, 6.45) is 0. The smallest absolute Gasteiger partial charge is 0.147 e. The van der Waals surface area contributed by atoms with Crippen molar-refractivity contribution in [2.24, 2.45) is 5.73 Å². The zero-order valence-corrected chi connectivity index (χ0v) is 10.6. The SMILES string of the molecule is CC1CN(c2ccc(C(=N)N)cc2F)CCS1. The van der Waals surface area contributed by atoms with Gasteiger partial charge in [0.05, 0.1) is 5.69 Å². The predicted molar refractivity (Wildman–Crippen MR) is 71.5 cm³/mol. The molecule has 1 aromatic rings. The van der Waals surface area contributed by atoms with Crippen molar-refractivity contribution in [2.75, 3.05) is 23.7 Å². The Morgan fingerprint density at radius 3 is 2.94 bits per heavy atom. The molecule has 2 rings (SSSR count). The summed E-state index contributed by atoms with van der Waals surface area (Å²) in [6, 6.07) is 4.76. The second-order valence-corrected chi connectivity index (χ2v) is 5.75. The minimum atomic E-state index is -0.295. The van der Waals surface area contributed by atoms with Crippen LogP contribution in [-0.2, 0) is 0 Å². The molecule has 0 radical (unpaired) electrons. The average Bonchev–Trinajstić information content (AvgIpc) is 2.28. The number of nitrogens with one attached hydrogen (secondary N) is 1. The maximum absolute atomic E-state index is 13.9. The summed E-state index contributed by atoms with van der Waals surface area (Å²) in [5.41, 5.74) is 6.38. The molecule has 1 atom stereocenters. The summed E-state index contributed by atoms with van der Waals surface area (Å²) >= 11 is 1.91. The fourth-order valence-corrected chi connectivity index (χ4v) is 2.98. The lowest BCUT2D eigenvalue weighted by Crippen LogP contribution is -2.37. The number of anilines is 1. The van der Waals surface area contributed by atoms with Crippen LogP contribution in [-0.4, -0.2) is 29.9 Å². The third-order valence-corrected chi connectivity index (χ3v) is 3.98. The molecule has 0 aliphatic carbocycles. The van der Waals surface area contributed by atoms with E-state index in [1.807, 2.05) is 11.8 Å². The first-order valence-corrected chi connectivity index (χ1v) is 6.63. The average molecular weight is 253 g/mol. The highest BCUT2D eigenvalue weighted by Gasteiger charge is 2.19. The molecule has 0 aromatic heterocycles. The van der Waals surface area contributed by atoms with E-state index in [1.54, 1.807) is 12.1 Å². The van der Waals surface area contributed by atoms with Crippen LogP contribution in [0.1, 0.15) is 12.5 Å². The fraction of sp³-hybridized carbons (Fsp3) is 0.417. The third kappa shape index (κ3) is 2.72. The van der Waals surface area contributed by atoms with Gasteiger partial charge in [-0.2, -0.15) is 11.8 Å². The lowest BCUT2D eigenvalue weighted by Gasteiger charge is -2.32. The maximum Gasteiger partial charge on any atom is 0.147 e. The number of rotatable bonds is 2. The molecule has 1 aliphatic heterocycles. The van der Waals surface area contributed by atoms with Crippen LogP contribution in [0.4, 0.5) is 10.1 Å². The van der Waals surface area contributed by atoms with Gasteiger partial charge in [-0.3, -0.25) is 5.41 Å². The molecule has 1 fully saturated rings. The number of nitrogens with zero attached hydrogens (tertiary/aromatic N) is 1. The fourth-order valence-electron chi connectivity index (χ4n) is 1.97. The van der Waals surface area contributed by atoms with Gasteiger partial charge in [-0.25, -0.2) is 4.39 Å². The summed E-state index contributed by atoms with van der Waals surface area (Å²) in [7, 11) is 0. The van der Waals surface area contributed by atoms with Crippen LogP contribution in [0.5, 0.6) is 0 Å². The molecular weight excluding hydrogens is 237 g/mol. The van der Waals surface area contributed by atoms with E-state index in [-0.39, 0.29) is 11.7 Å². The molecule has 92 valence electrons. The van der Waals surface area contributed by atoms with Crippen molar-refractivity contribution in [3.8, 4) is 0 Å². The topological polar surface area (TPSA) is 53.1 Å². The first-order valence-electron chi connectivity index (χ1n) is 5.58. The Morgan fingerprint density at radius 2 is 2.35 bits per heavy atom. The maximum atomic E-state index is 13.9. The van der Waals surface area contributed by atoms with Gasteiger partial charge in [-0.1, -0.05) is 6.92 Å². The van der Waals surface area contributed by atoms with Gasteiger partial charge in [-0.15, -0.1) is 0 Å². The molecule has 0 bridgehead atoms. The number of thioether (sulfide) groups is 1. The van der Waals surface area contributed by atoms with Crippen molar-refractivity contribution in [3.05, 3.63) is 29.6 Å². The van der Waals surface area contributed by atoms with Gasteiger partial charge in [0.2, 0.25) is 0 Å². The van der Waals surface area contributed by atoms with Crippen molar-refractivity contribution in [3.63, 3.8) is 0 Å². The summed E-state index contributed by atoms with van der Waals surface area (Å²) in [5.74, 6) is 0.629. The molecule has 1 aliphatic rings. The zero-order valence-electron chi connectivity index (χ0n) is 9.74. The van der Waals surface area contributed by atoms with Crippen LogP contribution in [0, 0.1) is 11.2 Å². The van der Waals surface area contributed by atoms with Gasteiger partial charge in [0.15, 0.2) is 0 Å². The largest absolute Gasteiger partial charge is 0.384 e. The predicted octanol–water partition coefficient (Wildman–Crippen LogP) is 2.05. The van der Waals surface area contributed by atoms with E-state index < -0.39 is 0 Å². The number of nitrogen functional groups attached to an aromatic ring is 1. The highest BCUT2D eigenvalue weighted by atomic mass is 32.2. The number of nitrogens with two attached hydrogens (primary N) is 1. The van der Waals surface area contributed by atoms with Gasteiger partial charge in [0.1, 0.15) is 11.7 Å². The molecule has 5 heteroatoms.